The van der Waals surface area contributed by atoms with Gasteiger partial charge in [-0.15, -0.1) is 11.3 Å². The largest absolute Gasteiger partial charge is 0.383 e. The number of nitrogen functional groups attached to an aromatic ring is 1. The quantitative estimate of drug-likeness (QED) is 0.751. The Morgan fingerprint density at radius 2 is 2.23 bits per heavy atom. The molecular weight excluding hydrogens is 182 g/mol. The van der Waals surface area contributed by atoms with Crippen molar-refractivity contribution in [2.75, 3.05) is 5.73 Å². The maximum absolute atomic E-state index is 5.52. The number of nitrogens with two attached hydrogens (primary N) is 1. The Morgan fingerprint density at radius 3 is 2.77 bits per heavy atom. The number of hydrogen-bond donors (Lipinski definition) is 1. The minimum Gasteiger partial charge on any atom is -0.383 e. The van der Waals surface area contributed by atoms with Crippen LogP contribution in [-0.2, 0) is 0 Å². The van der Waals surface area contributed by atoms with Gasteiger partial charge in [0.15, 0.2) is 0 Å². The van der Waals surface area contributed by atoms with Gasteiger partial charge in [-0.05, 0) is 19.1 Å². The van der Waals surface area contributed by atoms with Crippen LogP contribution in [-0.4, -0.2) is 9.97 Å². The molecule has 2 aromatic heterocycles. The average Bonchev–Trinajstić information content (AvgIpc) is 2.53. The molecule has 0 unspecified atom stereocenters. The number of anilines is 1. The molecule has 4 heteroatoms. The fraction of sp³-hybridized carbons (Fsp3) is 0.111. The molecule has 2 aromatic rings. The summed E-state index contributed by atoms with van der Waals surface area (Å²) < 4.78 is 0. The Hall–Kier alpha value is -1.42. The predicted octanol–water partition coefficient (Wildman–Crippen LogP) is 2.10. The summed E-state index contributed by atoms with van der Waals surface area (Å²) in [6, 6.07) is 3.97. The molecule has 0 aliphatic carbocycles. The first kappa shape index (κ1) is 8.19. The van der Waals surface area contributed by atoms with Crippen LogP contribution in [0.1, 0.15) is 5.69 Å². The summed E-state index contributed by atoms with van der Waals surface area (Å²) in [6.07, 6.45) is 1.81. The number of aromatic nitrogens is 2. The summed E-state index contributed by atoms with van der Waals surface area (Å²) >= 11 is 1.53. The van der Waals surface area contributed by atoms with E-state index in [-0.39, 0.29) is 0 Å². The van der Waals surface area contributed by atoms with Crippen molar-refractivity contribution >= 4 is 17.2 Å². The van der Waals surface area contributed by atoms with Gasteiger partial charge in [0, 0.05) is 22.8 Å². The number of pyridine rings is 1. The van der Waals surface area contributed by atoms with Gasteiger partial charge in [-0.3, -0.25) is 4.98 Å². The Morgan fingerprint density at radius 1 is 1.38 bits per heavy atom. The predicted molar refractivity (Wildman–Crippen MR) is 54.5 cm³/mol. The van der Waals surface area contributed by atoms with Crippen LogP contribution in [0.15, 0.2) is 23.7 Å². The second-order valence-corrected chi connectivity index (χ2v) is 3.62. The fourth-order valence-electron chi connectivity index (χ4n) is 1.01. The number of thiazole rings is 1. The Labute approximate surface area is 80.3 Å². The molecule has 0 saturated carbocycles. The van der Waals surface area contributed by atoms with Gasteiger partial charge in [0.1, 0.15) is 10.8 Å². The highest BCUT2D eigenvalue weighted by Crippen LogP contribution is 2.23. The number of aryl methyl sites for hydroxylation is 1. The van der Waals surface area contributed by atoms with Crippen LogP contribution < -0.4 is 5.73 Å². The zero-order valence-corrected chi connectivity index (χ0v) is 8.01. The third-order valence-corrected chi connectivity index (χ3v) is 2.59. The monoisotopic (exact) mass is 191 g/mol. The molecule has 0 bridgehead atoms. The van der Waals surface area contributed by atoms with Gasteiger partial charge in [0.2, 0.25) is 0 Å². The van der Waals surface area contributed by atoms with Gasteiger partial charge >= 0.3 is 0 Å². The van der Waals surface area contributed by atoms with E-state index in [4.69, 9.17) is 5.73 Å². The SMILES string of the molecule is Cc1ccc(-c2nc(N)cs2)cn1. The Kier molecular flexibility index (Phi) is 1.98. The molecule has 2 heterocycles. The molecule has 13 heavy (non-hydrogen) atoms. The first-order valence-electron chi connectivity index (χ1n) is 3.90. The molecule has 0 amide bonds. The van der Waals surface area contributed by atoms with Crippen LogP contribution in [0.2, 0.25) is 0 Å². The van der Waals surface area contributed by atoms with Crippen LogP contribution in [0.4, 0.5) is 5.82 Å². The molecule has 0 atom stereocenters. The lowest BCUT2D eigenvalue weighted by Crippen LogP contribution is -1.85. The average molecular weight is 191 g/mol. The van der Waals surface area contributed by atoms with Gasteiger partial charge < -0.3 is 5.73 Å². The van der Waals surface area contributed by atoms with E-state index in [1.54, 1.807) is 0 Å². The maximum atomic E-state index is 5.52. The van der Waals surface area contributed by atoms with E-state index in [0.29, 0.717) is 5.82 Å². The normalized spacial score (nSPS) is 10.2. The number of hydrogen-bond acceptors (Lipinski definition) is 4. The molecule has 66 valence electrons. The van der Waals surface area contributed by atoms with E-state index in [9.17, 15) is 0 Å². The molecule has 0 aliphatic rings. The lowest BCUT2D eigenvalue weighted by atomic mass is 10.3. The Bertz CT molecular complexity index is 405. The van der Waals surface area contributed by atoms with Crippen molar-refractivity contribution in [1.82, 2.24) is 9.97 Å². The lowest BCUT2D eigenvalue weighted by molar-refractivity contribution is 1.20. The molecule has 0 spiro atoms. The van der Waals surface area contributed by atoms with Gasteiger partial charge in [-0.2, -0.15) is 0 Å². The van der Waals surface area contributed by atoms with Crippen molar-refractivity contribution in [2.24, 2.45) is 0 Å². The highest BCUT2D eigenvalue weighted by molar-refractivity contribution is 7.13. The van der Waals surface area contributed by atoms with Crippen LogP contribution in [0.3, 0.4) is 0 Å². The summed E-state index contributed by atoms with van der Waals surface area (Å²) in [5.41, 5.74) is 7.55. The molecule has 2 N–H and O–H groups in total. The fourth-order valence-corrected chi connectivity index (χ4v) is 1.71. The zero-order valence-electron chi connectivity index (χ0n) is 7.19. The molecule has 0 radical (unpaired) electrons. The first-order valence-corrected chi connectivity index (χ1v) is 4.78. The second kappa shape index (κ2) is 3.14. The van der Waals surface area contributed by atoms with Gasteiger partial charge in [0.25, 0.3) is 0 Å². The summed E-state index contributed by atoms with van der Waals surface area (Å²) in [5, 5.41) is 2.75. The summed E-state index contributed by atoms with van der Waals surface area (Å²) in [4.78, 5) is 8.36. The molecular formula is C9H9N3S. The summed E-state index contributed by atoms with van der Waals surface area (Å²) in [7, 11) is 0. The van der Waals surface area contributed by atoms with E-state index in [1.807, 2.05) is 30.6 Å². The first-order chi connectivity index (χ1) is 6.25. The summed E-state index contributed by atoms with van der Waals surface area (Å²) in [6.45, 7) is 1.96. The zero-order chi connectivity index (χ0) is 9.26. The topological polar surface area (TPSA) is 51.8 Å². The lowest BCUT2D eigenvalue weighted by Gasteiger charge is -1.95. The van der Waals surface area contributed by atoms with Crippen molar-refractivity contribution in [3.05, 3.63) is 29.4 Å². The van der Waals surface area contributed by atoms with Crippen molar-refractivity contribution in [3.63, 3.8) is 0 Å². The highest BCUT2D eigenvalue weighted by atomic mass is 32.1. The van der Waals surface area contributed by atoms with Crippen LogP contribution in [0.5, 0.6) is 0 Å². The summed E-state index contributed by atoms with van der Waals surface area (Å²) in [5.74, 6) is 0.570. The highest BCUT2D eigenvalue weighted by Gasteiger charge is 2.01. The molecule has 2 rings (SSSR count). The minimum atomic E-state index is 0.570. The van der Waals surface area contributed by atoms with Crippen molar-refractivity contribution < 1.29 is 0 Å². The number of rotatable bonds is 1. The van der Waals surface area contributed by atoms with E-state index in [0.717, 1.165) is 16.3 Å². The van der Waals surface area contributed by atoms with E-state index >= 15 is 0 Å². The molecule has 0 saturated heterocycles. The standard InChI is InChI=1S/C9H9N3S/c1-6-2-3-7(4-11-6)9-12-8(10)5-13-9/h2-5H,10H2,1H3. The molecule has 0 fully saturated rings. The van der Waals surface area contributed by atoms with Crippen molar-refractivity contribution in [2.45, 2.75) is 6.92 Å². The van der Waals surface area contributed by atoms with E-state index < -0.39 is 0 Å². The van der Waals surface area contributed by atoms with Crippen molar-refractivity contribution in [3.8, 4) is 10.6 Å². The molecule has 0 aliphatic heterocycles. The maximum Gasteiger partial charge on any atom is 0.135 e. The van der Waals surface area contributed by atoms with Gasteiger partial charge in [-0.25, -0.2) is 4.98 Å². The van der Waals surface area contributed by atoms with Crippen LogP contribution >= 0.6 is 11.3 Å². The second-order valence-electron chi connectivity index (χ2n) is 2.77. The van der Waals surface area contributed by atoms with Crippen LogP contribution in [0, 0.1) is 6.92 Å². The van der Waals surface area contributed by atoms with Gasteiger partial charge in [-0.1, -0.05) is 0 Å². The van der Waals surface area contributed by atoms with E-state index in [2.05, 4.69) is 9.97 Å². The third-order valence-electron chi connectivity index (χ3n) is 1.68. The smallest absolute Gasteiger partial charge is 0.135 e. The van der Waals surface area contributed by atoms with Crippen LogP contribution in [0.25, 0.3) is 10.6 Å². The third kappa shape index (κ3) is 1.67. The molecule has 3 nitrogen and oxygen atoms in total. The van der Waals surface area contributed by atoms with E-state index in [1.165, 1.54) is 11.3 Å². The number of nitrogens with zero attached hydrogens (tertiary/aromatic N) is 2. The minimum absolute atomic E-state index is 0.570. The Balaban J connectivity index is 2.41. The molecule has 0 aromatic carbocycles. The van der Waals surface area contributed by atoms with Crippen molar-refractivity contribution in [1.29, 1.82) is 0 Å². The van der Waals surface area contributed by atoms with Gasteiger partial charge in [0.05, 0.1) is 0 Å².